The summed E-state index contributed by atoms with van der Waals surface area (Å²) in [6.07, 6.45) is 2.41. The highest BCUT2D eigenvalue weighted by Gasteiger charge is 2.15. The average Bonchev–Trinajstić information content (AvgIpc) is 3.16. The number of aromatic amines is 1. The van der Waals surface area contributed by atoms with E-state index >= 15 is 0 Å². The van der Waals surface area contributed by atoms with Gasteiger partial charge < -0.3 is 14.6 Å². The number of benzene rings is 3. The van der Waals surface area contributed by atoms with E-state index in [0.29, 0.717) is 29.4 Å². The third-order valence-electron chi connectivity index (χ3n) is 4.77. The van der Waals surface area contributed by atoms with E-state index in [4.69, 9.17) is 9.47 Å². The largest absolute Gasteiger partial charge is 0.507 e. The van der Waals surface area contributed by atoms with Crippen LogP contribution in [0.25, 0.3) is 11.3 Å². The third-order valence-corrected chi connectivity index (χ3v) is 4.77. The standard InChI is InChI=1S/C25H24N2O3/c1-17-12-18(2)14-21(13-17)30-24-16-26-27-25(24)22-9-8-20(15-23(22)28)29-11-10-19-6-4-3-5-7-19/h3-9,12-16,28H,10-11H2,1-2H3,(H,26,27). The van der Waals surface area contributed by atoms with Gasteiger partial charge in [0.25, 0.3) is 0 Å². The van der Waals surface area contributed by atoms with Crippen molar-refractivity contribution in [3.63, 3.8) is 0 Å². The molecule has 5 nitrogen and oxygen atoms in total. The van der Waals surface area contributed by atoms with Crippen LogP contribution in [0.4, 0.5) is 0 Å². The number of ether oxygens (including phenoxy) is 2. The average molecular weight is 400 g/mol. The van der Waals surface area contributed by atoms with E-state index in [9.17, 15) is 5.11 Å². The molecule has 3 aromatic carbocycles. The Hall–Kier alpha value is -3.73. The van der Waals surface area contributed by atoms with Crippen molar-refractivity contribution in [2.45, 2.75) is 20.3 Å². The van der Waals surface area contributed by atoms with Gasteiger partial charge in [-0.2, -0.15) is 5.10 Å². The van der Waals surface area contributed by atoms with E-state index in [1.165, 1.54) is 5.56 Å². The van der Waals surface area contributed by atoms with Crippen LogP contribution in [-0.4, -0.2) is 21.9 Å². The van der Waals surface area contributed by atoms with Gasteiger partial charge in [0.2, 0.25) is 0 Å². The first-order valence-electron chi connectivity index (χ1n) is 9.88. The van der Waals surface area contributed by atoms with Gasteiger partial charge in [0, 0.05) is 18.1 Å². The second-order valence-electron chi connectivity index (χ2n) is 7.30. The summed E-state index contributed by atoms with van der Waals surface area (Å²) in [7, 11) is 0. The fraction of sp³-hybridized carbons (Fsp3) is 0.160. The topological polar surface area (TPSA) is 67.4 Å². The van der Waals surface area contributed by atoms with Crippen molar-refractivity contribution in [1.82, 2.24) is 10.2 Å². The number of aromatic nitrogens is 2. The molecule has 0 saturated heterocycles. The lowest BCUT2D eigenvalue weighted by Gasteiger charge is -2.11. The molecule has 1 aromatic heterocycles. The highest BCUT2D eigenvalue weighted by molar-refractivity contribution is 5.73. The fourth-order valence-corrected chi connectivity index (χ4v) is 3.41. The summed E-state index contributed by atoms with van der Waals surface area (Å²) >= 11 is 0. The van der Waals surface area contributed by atoms with Gasteiger partial charge in [-0.1, -0.05) is 36.4 Å². The molecule has 0 aliphatic heterocycles. The molecule has 0 spiro atoms. The van der Waals surface area contributed by atoms with E-state index in [-0.39, 0.29) is 5.75 Å². The van der Waals surface area contributed by atoms with Crippen LogP contribution in [0.3, 0.4) is 0 Å². The van der Waals surface area contributed by atoms with Crippen LogP contribution < -0.4 is 9.47 Å². The van der Waals surface area contributed by atoms with Gasteiger partial charge in [-0.05, 0) is 54.8 Å². The number of hydrogen-bond acceptors (Lipinski definition) is 4. The summed E-state index contributed by atoms with van der Waals surface area (Å²) in [5, 5.41) is 17.6. The smallest absolute Gasteiger partial charge is 0.173 e. The van der Waals surface area contributed by atoms with Crippen molar-refractivity contribution in [2.75, 3.05) is 6.61 Å². The van der Waals surface area contributed by atoms with Gasteiger partial charge in [0.1, 0.15) is 22.9 Å². The number of phenolic OH excluding ortho intramolecular Hbond substituents is 1. The second kappa shape index (κ2) is 8.74. The third kappa shape index (κ3) is 4.63. The Labute approximate surface area is 175 Å². The maximum absolute atomic E-state index is 10.6. The van der Waals surface area contributed by atoms with Crippen molar-refractivity contribution in [3.8, 4) is 34.3 Å². The van der Waals surface area contributed by atoms with Crippen LogP contribution in [0.2, 0.25) is 0 Å². The Balaban J connectivity index is 1.48. The van der Waals surface area contributed by atoms with E-state index in [2.05, 4.69) is 28.4 Å². The lowest BCUT2D eigenvalue weighted by Crippen LogP contribution is -2.01. The van der Waals surface area contributed by atoms with E-state index in [1.54, 1.807) is 18.3 Å². The van der Waals surface area contributed by atoms with Crippen LogP contribution >= 0.6 is 0 Å². The molecule has 0 bridgehead atoms. The monoisotopic (exact) mass is 400 g/mol. The molecule has 0 aliphatic carbocycles. The van der Waals surface area contributed by atoms with Crippen LogP contribution in [0, 0.1) is 13.8 Å². The molecule has 0 amide bonds. The van der Waals surface area contributed by atoms with Crippen molar-refractivity contribution in [3.05, 3.63) is 89.6 Å². The summed E-state index contributed by atoms with van der Waals surface area (Å²) in [5.41, 5.74) is 4.67. The molecular formula is C25H24N2O3. The van der Waals surface area contributed by atoms with Gasteiger partial charge in [0.15, 0.2) is 5.75 Å². The highest BCUT2D eigenvalue weighted by Crippen LogP contribution is 2.38. The van der Waals surface area contributed by atoms with Crippen LogP contribution in [0.5, 0.6) is 23.0 Å². The molecule has 2 N–H and O–H groups in total. The molecule has 1 heterocycles. The molecule has 152 valence electrons. The molecule has 0 fully saturated rings. The molecule has 4 aromatic rings. The SMILES string of the molecule is Cc1cc(C)cc(Oc2cn[nH]c2-c2ccc(OCCc3ccccc3)cc2O)c1. The lowest BCUT2D eigenvalue weighted by molar-refractivity contribution is 0.320. The number of H-pyrrole nitrogens is 1. The molecule has 0 radical (unpaired) electrons. The summed E-state index contributed by atoms with van der Waals surface area (Å²) in [4.78, 5) is 0. The summed E-state index contributed by atoms with van der Waals surface area (Å²) in [5.74, 6) is 1.99. The first-order valence-corrected chi connectivity index (χ1v) is 9.88. The molecule has 30 heavy (non-hydrogen) atoms. The summed E-state index contributed by atoms with van der Waals surface area (Å²) < 4.78 is 11.8. The number of nitrogens with zero attached hydrogens (tertiary/aromatic N) is 1. The van der Waals surface area contributed by atoms with Crippen molar-refractivity contribution < 1.29 is 14.6 Å². The van der Waals surface area contributed by atoms with Crippen LogP contribution in [-0.2, 0) is 6.42 Å². The Bertz CT molecular complexity index is 1120. The van der Waals surface area contributed by atoms with Crippen molar-refractivity contribution in [2.24, 2.45) is 0 Å². The van der Waals surface area contributed by atoms with E-state index in [1.807, 2.05) is 50.2 Å². The van der Waals surface area contributed by atoms with Gasteiger partial charge in [-0.15, -0.1) is 0 Å². The van der Waals surface area contributed by atoms with Crippen LogP contribution in [0.1, 0.15) is 16.7 Å². The molecular weight excluding hydrogens is 376 g/mol. The number of hydrogen-bond donors (Lipinski definition) is 2. The maximum atomic E-state index is 10.6. The number of nitrogens with one attached hydrogen (secondary N) is 1. The number of phenols is 1. The zero-order valence-electron chi connectivity index (χ0n) is 17.1. The summed E-state index contributed by atoms with van der Waals surface area (Å²) in [6, 6.07) is 21.4. The van der Waals surface area contributed by atoms with Crippen molar-refractivity contribution in [1.29, 1.82) is 0 Å². The minimum atomic E-state index is 0.0988. The number of aromatic hydroxyl groups is 1. The minimum absolute atomic E-state index is 0.0988. The van der Waals surface area contributed by atoms with Gasteiger partial charge >= 0.3 is 0 Å². The Kier molecular flexibility index (Phi) is 5.70. The van der Waals surface area contributed by atoms with Crippen LogP contribution in [0.15, 0.2) is 72.9 Å². The fourth-order valence-electron chi connectivity index (χ4n) is 3.41. The highest BCUT2D eigenvalue weighted by atomic mass is 16.5. The first-order chi connectivity index (χ1) is 14.6. The molecule has 0 unspecified atom stereocenters. The predicted octanol–water partition coefficient (Wildman–Crippen LogP) is 5.81. The molecule has 0 saturated carbocycles. The van der Waals surface area contributed by atoms with E-state index < -0.39 is 0 Å². The predicted molar refractivity (Wildman–Crippen MR) is 117 cm³/mol. The Morgan fingerprint density at radius 1 is 0.900 bits per heavy atom. The zero-order chi connectivity index (χ0) is 20.9. The second-order valence-corrected chi connectivity index (χ2v) is 7.30. The molecule has 4 rings (SSSR count). The first kappa shape index (κ1) is 19.6. The van der Waals surface area contributed by atoms with Gasteiger partial charge in [-0.3, -0.25) is 5.10 Å². The summed E-state index contributed by atoms with van der Waals surface area (Å²) in [6.45, 7) is 4.59. The molecule has 0 atom stereocenters. The molecule has 5 heteroatoms. The Morgan fingerprint density at radius 2 is 1.67 bits per heavy atom. The molecule has 0 aliphatic rings. The lowest BCUT2D eigenvalue weighted by atomic mass is 10.1. The quantitative estimate of drug-likeness (QED) is 0.411. The maximum Gasteiger partial charge on any atom is 0.173 e. The number of aryl methyl sites for hydroxylation is 2. The normalized spacial score (nSPS) is 10.7. The minimum Gasteiger partial charge on any atom is -0.507 e. The zero-order valence-corrected chi connectivity index (χ0v) is 17.1. The Morgan fingerprint density at radius 3 is 2.40 bits per heavy atom. The number of rotatable bonds is 7. The van der Waals surface area contributed by atoms with Gasteiger partial charge in [0.05, 0.1) is 12.8 Å². The van der Waals surface area contributed by atoms with Crippen molar-refractivity contribution >= 4 is 0 Å². The van der Waals surface area contributed by atoms with E-state index in [0.717, 1.165) is 23.3 Å². The van der Waals surface area contributed by atoms with Gasteiger partial charge in [-0.25, -0.2) is 0 Å².